The highest BCUT2D eigenvalue weighted by atomic mass is 32.2. The number of hydrogen-bond donors (Lipinski definition) is 0. The summed E-state index contributed by atoms with van der Waals surface area (Å²) in [7, 11) is 0. The van der Waals surface area contributed by atoms with Gasteiger partial charge in [0.15, 0.2) is 11.1 Å². The fourth-order valence-corrected chi connectivity index (χ4v) is 4.47. The van der Waals surface area contributed by atoms with Crippen molar-refractivity contribution in [2.75, 3.05) is 19.0 Å². The Morgan fingerprint density at radius 3 is 2.09 bits per heavy atom. The molecule has 0 aromatic carbocycles. The van der Waals surface area contributed by atoms with Gasteiger partial charge < -0.3 is 14.2 Å². The zero-order valence-electron chi connectivity index (χ0n) is 17.8. The maximum atomic E-state index is 14.0. The first-order chi connectivity index (χ1) is 15.4. The number of aryl methyl sites for hydroxylation is 2. The predicted octanol–water partition coefficient (Wildman–Crippen LogP) is 3.62. The zero-order chi connectivity index (χ0) is 26.1. The molecule has 1 aromatic rings. The van der Waals surface area contributed by atoms with Crippen LogP contribution < -0.4 is 0 Å². The minimum Gasteiger partial charge on any atom is -0.414 e. The van der Waals surface area contributed by atoms with Gasteiger partial charge in [-0.25, -0.2) is 13.8 Å². The highest BCUT2D eigenvalue weighted by Crippen LogP contribution is 2.53. The van der Waals surface area contributed by atoms with Gasteiger partial charge in [-0.15, -0.1) is 11.3 Å². The molecule has 0 aliphatic carbocycles. The Morgan fingerprint density at radius 1 is 1.06 bits per heavy atom. The van der Waals surface area contributed by atoms with Crippen LogP contribution in [0, 0.1) is 13.8 Å². The molecule has 2 rings (SSSR count). The zero-order valence-corrected chi connectivity index (χ0v) is 19.4. The molecule has 2 heterocycles. The minimum atomic E-state index is -6.76. The first-order valence-corrected chi connectivity index (χ1v) is 11.5. The number of esters is 2. The molecule has 194 valence electrons. The molecule has 0 saturated carbocycles. The van der Waals surface area contributed by atoms with Crippen molar-refractivity contribution in [3.8, 4) is 0 Å². The van der Waals surface area contributed by atoms with E-state index in [9.17, 15) is 44.5 Å². The van der Waals surface area contributed by atoms with Crippen LogP contribution in [-0.2, 0) is 45.5 Å². The topological polar surface area (TPSA) is 88.1 Å². The number of rotatable bonds is 10. The van der Waals surface area contributed by atoms with Gasteiger partial charge >= 0.3 is 35.7 Å². The van der Waals surface area contributed by atoms with E-state index >= 15 is 0 Å². The normalized spacial score (nSPS) is 22.9. The van der Waals surface area contributed by atoms with Crippen LogP contribution in [0.2, 0.25) is 0 Å². The number of thiophene rings is 1. The van der Waals surface area contributed by atoms with E-state index in [1.165, 1.54) is 0 Å². The van der Waals surface area contributed by atoms with Crippen molar-refractivity contribution in [3.63, 3.8) is 0 Å². The molecule has 1 aliphatic rings. The molecule has 1 unspecified atom stereocenters. The van der Waals surface area contributed by atoms with Crippen molar-refractivity contribution < 1.29 is 62.9 Å². The highest BCUT2D eigenvalue weighted by molar-refractivity contribution is 7.80. The Bertz CT molecular complexity index is 928. The molecule has 7 nitrogen and oxygen atoms in total. The van der Waals surface area contributed by atoms with E-state index < -0.39 is 58.7 Å². The third-order valence-corrected chi connectivity index (χ3v) is 6.51. The number of cyclic esters (lactones) is 2. The van der Waals surface area contributed by atoms with Crippen LogP contribution in [0.25, 0.3) is 0 Å². The molecule has 1 fully saturated rings. The van der Waals surface area contributed by atoms with Crippen LogP contribution in [0.1, 0.15) is 22.2 Å². The second-order valence-corrected chi connectivity index (χ2v) is 9.89. The molecule has 34 heavy (non-hydrogen) atoms. The van der Waals surface area contributed by atoms with Gasteiger partial charge in [0.2, 0.25) is 0 Å². The Hall–Kier alpha value is -1.78. The van der Waals surface area contributed by atoms with E-state index in [1.54, 1.807) is 11.3 Å². The van der Waals surface area contributed by atoms with E-state index in [0.717, 1.165) is 15.3 Å². The minimum absolute atomic E-state index is 0.139. The largest absolute Gasteiger partial charge is 0.460 e. The van der Waals surface area contributed by atoms with Crippen molar-refractivity contribution in [2.24, 2.45) is 0 Å². The number of alkyl halides is 7. The SMILES string of the molecule is Cc1cc(CCOCCS(=O)OC2C(=O)OC(C)(C(F)(F)C(F)(F)C(F)(F)F)OC2=O)c(C)s1. The summed E-state index contributed by atoms with van der Waals surface area (Å²) in [6.07, 6.45) is -8.74. The molecular weight excluding hydrogens is 525 g/mol. The third-order valence-electron chi connectivity index (χ3n) is 4.60. The standard InChI is InChI=1S/C18H19F7O7S2/c1-9-8-11(10(2)33-9)4-5-29-6-7-34(28)32-12-13(26)30-15(3,31-14(12)27)16(19,20)17(21,22)18(23,24)25/h8,12H,4-7H2,1-3H3. The van der Waals surface area contributed by atoms with E-state index in [2.05, 4.69) is 13.7 Å². The first kappa shape index (κ1) is 28.5. The molecule has 1 atom stereocenters. The first-order valence-electron chi connectivity index (χ1n) is 9.40. The van der Waals surface area contributed by atoms with Crippen LogP contribution in [0.5, 0.6) is 0 Å². The van der Waals surface area contributed by atoms with Crippen molar-refractivity contribution >= 4 is 34.4 Å². The van der Waals surface area contributed by atoms with Gasteiger partial charge in [0.1, 0.15) is 0 Å². The molecular formula is C18H19F7O7S2. The summed E-state index contributed by atoms with van der Waals surface area (Å²) in [5.41, 5.74) is 1.06. The molecule has 0 N–H and O–H groups in total. The van der Waals surface area contributed by atoms with Crippen LogP contribution in [0.4, 0.5) is 30.7 Å². The van der Waals surface area contributed by atoms with E-state index in [4.69, 9.17) is 4.74 Å². The molecule has 1 aromatic heterocycles. The van der Waals surface area contributed by atoms with Crippen molar-refractivity contribution in [2.45, 2.75) is 57.1 Å². The summed E-state index contributed by atoms with van der Waals surface area (Å²) in [6, 6.07) is 1.98. The monoisotopic (exact) mass is 544 g/mol. The molecule has 16 heteroatoms. The van der Waals surface area contributed by atoms with E-state index in [-0.39, 0.29) is 20.1 Å². The van der Waals surface area contributed by atoms with Gasteiger partial charge in [-0.05, 0) is 31.9 Å². The van der Waals surface area contributed by atoms with Crippen LogP contribution in [0.15, 0.2) is 6.07 Å². The Morgan fingerprint density at radius 2 is 1.62 bits per heavy atom. The number of hydrogen-bond acceptors (Lipinski definition) is 8. The van der Waals surface area contributed by atoms with E-state index in [0.29, 0.717) is 6.42 Å². The summed E-state index contributed by atoms with van der Waals surface area (Å²) >= 11 is -0.819. The lowest BCUT2D eigenvalue weighted by molar-refractivity contribution is -0.421. The number of carbonyl (C=O) groups is 2. The lowest BCUT2D eigenvalue weighted by Gasteiger charge is -2.42. The molecule has 0 spiro atoms. The number of ether oxygens (including phenoxy) is 3. The quantitative estimate of drug-likeness (QED) is 0.193. The Labute approximate surface area is 195 Å². The lowest BCUT2D eigenvalue weighted by Crippen LogP contribution is -2.68. The van der Waals surface area contributed by atoms with Gasteiger partial charge in [0.25, 0.3) is 6.10 Å². The van der Waals surface area contributed by atoms with Gasteiger partial charge in [0.05, 0.1) is 19.0 Å². The molecule has 0 amide bonds. The van der Waals surface area contributed by atoms with Crippen LogP contribution in [-0.4, -0.2) is 65.0 Å². The van der Waals surface area contributed by atoms with Crippen LogP contribution in [0.3, 0.4) is 0 Å². The maximum absolute atomic E-state index is 14.0. The van der Waals surface area contributed by atoms with Gasteiger partial charge in [-0.2, -0.15) is 30.7 Å². The molecule has 0 bridgehead atoms. The molecule has 0 radical (unpaired) electrons. The van der Waals surface area contributed by atoms with Gasteiger partial charge in [-0.1, -0.05) is 0 Å². The van der Waals surface area contributed by atoms with Crippen LogP contribution >= 0.6 is 11.3 Å². The second kappa shape index (κ2) is 10.1. The Balaban J connectivity index is 1.90. The van der Waals surface area contributed by atoms with Crippen molar-refractivity contribution in [1.29, 1.82) is 0 Å². The highest BCUT2D eigenvalue weighted by Gasteiger charge is 2.82. The average Bonchev–Trinajstić information content (AvgIpc) is 3.00. The second-order valence-electron chi connectivity index (χ2n) is 7.22. The maximum Gasteiger partial charge on any atom is 0.460 e. The molecule has 1 saturated heterocycles. The Kier molecular flexibility index (Phi) is 8.43. The number of halogens is 7. The smallest absolute Gasteiger partial charge is 0.414 e. The van der Waals surface area contributed by atoms with Gasteiger partial charge in [0, 0.05) is 16.7 Å². The fraction of sp³-hybridized carbons (Fsp3) is 0.667. The summed E-state index contributed by atoms with van der Waals surface area (Å²) in [4.78, 5) is 26.0. The summed E-state index contributed by atoms with van der Waals surface area (Å²) in [6.45, 7) is 3.81. The van der Waals surface area contributed by atoms with Gasteiger partial charge in [-0.3, -0.25) is 4.18 Å². The average molecular weight is 544 g/mol. The van der Waals surface area contributed by atoms with Crippen molar-refractivity contribution in [1.82, 2.24) is 0 Å². The predicted molar refractivity (Wildman–Crippen MR) is 103 cm³/mol. The fourth-order valence-electron chi connectivity index (χ4n) is 2.78. The summed E-state index contributed by atoms with van der Waals surface area (Å²) < 4.78 is 121. The summed E-state index contributed by atoms with van der Waals surface area (Å²) in [5, 5.41) is 0. The number of carbonyl (C=O) groups excluding carboxylic acids is 2. The molecule has 1 aliphatic heterocycles. The van der Waals surface area contributed by atoms with E-state index in [1.807, 2.05) is 19.9 Å². The summed E-state index contributed by atoms with van der Waals surface area (Å²) in [5.74, 6) is -21.8. The lowest BCUT2D eigenvalue weighted by atomic mass is 10.0. The van der Waals surface area contributed by atoms with Crippen molar-refractivity contribution in [3.05, 3.63) is 21.4 Å². The third kappa shape index (κ3) is 5.71.